The van der Waals surface area contributed by atoms with Gasteiger partial charge in [0.05, 0.1) is 25.2 Å². The van der Waals surface area contributed by atoms with E-state index in [9.17, 15) is 14.9 Å². The van der Waals surface area contributed by atoms with E-state index in [0.29, 0.717) is 18.8 Å². The van der Waals surface area contributed by atoms with E-state index in [1.165, 1.54) is 31.2 Å². The molecule has 3 rings (SSSR count). The summed E-state index contributed by atoms with van der Waals surface area (Å²) in [7, 11) is 2.83. The number of methoxy groups -OCH3 is 2. The van der Waals surface area contributed by atoms with E-state index in [2.05, 4.69) is 11.0 Å². The van der Waals surface area contributed by atoms with Crippen LogP contribution in [0.4, 0.5) is 5.69 Å². The predicted molar refractivity (Wildman–Crippen MR) is 102 cm³/mol. The van der Waals surface area contributed by atoms with Crippen molar-refractivity contribution < 1.29 is 19.2 Å². The van der Waals surface area contributed by atoms with Gasteiger partial charge in [0.1, 0.15) is 5.56 Å². The van der Waals surface area contributed by atoms with E-state index in [4.69, 9.17) is 9.47 Å². The lowest BCUT2D eigenvalue weighted by Gasteiger charge is -2.34. The summed E-state index contributed by atoms with van der Waals surface area (Å²) < 4.78 is 10.3. The maximum Gasteiger partial charge on any atom is 0.286 e. The van der Waals surface area contributed by atoms with Crippen LogP contribution in [0.15, 0.2) is 29.6 Å². The fraction of sp³-hybridized carbons (Fsp3) is 0.389. The molecule has 0 spiro atoms. The zero-order valence-corrected chi connectivity index (χ0v) is 16.0. The van der Waals surface area contributed by atoms with Gasteiger partial charge >= 0.3 is 0 Å². The van der Waals surface area contributed by atoms with Crippen LogP contribution in [-0.4, -0.2) is 61.0 Å². The first kappa shape index (κ1) is 19.1. The molecule has 144 valence electrons. The average molecular weight is 391 g/mol. The number of hydrogen-bond donors (Lipinski definition) is 0. The fourth-order valence-corrected chi connectivity index (χ4v) is 3.84. The van der Waals surface area contributed by atoms with Gasteiger partial charge in [-0.25, -0.2) is 0 Å². The highest BCUT2D eigenvalue weighted by atomic mass is 32.1. The molecule has 0 N–H and O–H groups in total. The monoisotopic (exact) mass is 391 g/mol. The molecule has 1 aromatic carbocycles. The Balaban J connectivity index is 1.75. The Morgan fingerprint density at radius 2 is 1.85 bits per heavy atom. The summed E-state index contributed by atoms with van der Waals surface area (Å²) in [4.78, 5) is 29.0. The van der Waals surface area contributed by atoms with E-state index in [0.717, 1.165) is 19.6 Å². The summed E-state index contributed by atoms with van der Waals surface area (Å²) in [5, 5.41) is 13.5. The van der Waals surface area contributed by atoms with Crippen molar-refractivity contribution in [2.24, 2.45) is 0 Å². The lowest BCUT2D eigenvalue weighted by atomic mass is 10.1. The van der Waals surface area contributed by atoms with Crippen LogP contribution in [0.2, 0.25) is 0 Å². The van der Waals surface area contributed by atoms with Crippen molar-refractivity contribution in [3.8, 4) is 11.5 Å². The molecule has 9 heteroatoms. The third-order valence-corrected chi connectivity index (χ3v) is 5.41. The van der Waals surface area contributed by atoms with Gasteiger partial charge in [0, 0.05) is 43.7 Å². The molecule has 0 unspecified atom stereocenters. The number of ether oxygens (including phenoxy) is 2. The van der Waals surface area contributed by atoms with Gasteiger partial charge in [-0.1, -0.05) is 6.07 Å². The van der Waals surface area contributed by atoms with Crippen LogP contribution >= 0.6 is 11.3 Å². The SMILES string of the molecule is COc1cc(C(=O)N2CCN(Cc3cccs3)CC2)c([N+](=O)[O-])cc1OC. The second kappa shape index (κ2) is 8.36. The van der Waals surface area contributed by atoms with Crippen LogP contribution in [0.25, 0.3) is 0 Å². The normalized spacial score (nSPS) is 14.8. The third-order valence-electron chi connectivity index (χ3n) is 4.55. The molecule has 27 heavy (non-hydrogen) atoms. The van der Waals surface area contributed by atoms with Crippen molar-refractivity contribution in [1.29, 1.82) is 0 Å². The van der Waals surface area contributed by atoms with Crippen LogP contribution in [-0.2, 0) is 6.54 Å². The van der Waals surface area contributed by atoms with E-state index >= 15 is 0 Å². The number of carbonyl (C=O) groups is 1. The summed E-state index contributed by atoms with van der Waals surface area (Å²) in [5.41, 5.74) is -0.261. The van der Waals surface area contributed by atoms with Gasteiger partial charge < -0.3 is 14.4 Å². The Morgan fingerprint density at radius 1 is 1.19 bits per heavy atom. The maximum absolute atomic E-state index is 12.9. The van der Waals surface area contributed by atoms with Crippen molar-refractivity contribution in [3.63, 3.8) is 0 Å². The highest BCUT2D eigenvalue weighted by molar-refractivity contribution is 7.09. The summed E-state index contributed by atoms with van der Waals surface area (Å²) >= 11 is 1.71. The number of rotatable bonds is 6. The lowest BCUT2D eigenvalue weighted by molar-refractivity contribution is -0.385. The molecule has 0 atom stereocenters. The van der Waals surface area contributed by atoms with E-state index in [1.807, 2.05) is 11.4 Å². The van der Waals surface area contributed by atoms with Gasteiger partial charge in [0.25, 0.3) is 11.6 Å². The molecule has 1 aliphatic rings. The summed E-state index contributed by atoms with van der Waals surface area (Å²) in [6, 6.07) is 6.74. The Kier molecular flexibility index (Phi) is 5.92. The molecule has 0 radical (unpaired) electrons. The molecule has 2 aromatic rings. The standard InChI is InChI=1S/C18H21N3O5S/c1-25-16-10-14(15(21(23)24)11-17(16)26-2)18(22)20-7-5-19(6-8-20)12-13-4-3-9-27-13/h3-4,9-11H,5-8,12H2,1-2H3. The topological polar surface area (TPSA) is 85.2 Å². The van der Waals surface area contributed by atoms with Gasteiger partial charge in [-0.3, -0.25) is 19.8 Å². The number of hydrogen-bond acceptors (Lipinski definition) is 7. The van der Waals surface area contributed by atoms with Crippen molar-refractivity contribution in [1.82, 2.24) is 9.80 Å². The number of nitro groups is 1. The Bertz CT molecular complexity index is 817. The molecular weight excluding hydrogens is 370 g/mol. The smallest absolute Gasteiger partial charge is 0.286 e. The molecule has 8 nitrogen and oxygen atoms in total. The molecule has 0 aliphatic carbocycles. The molecule has 0 bridgehead atoms. The largest absolute Gasteiger partial charge is 0.493 e. The first-order valence-electron chi connectivity index (χ1n) is 8.48. The maximum atomic E-state index is 12.9. The fourth-order valence-electron chi connectivity index (χ4n) is 3.09. The number of nitro benzene ring substituents is 1. The molecular formula is C18H21N3O5S. The minimum atomic E-state index is -0.567. The van der Waals surface area contributed by atoms with Gasteiger partial charge in [0.2, 0.25) is 0 Å². The Labute approximate surface area is 161 Å². The van der Waals surface area contributed by atoms with Gasteiger partial charge in [0.15, 0.2) is 11.5 Å². The minimum Gasteiger partial charge on any atom is -0.493 e. The van der Waals surface area contributed by atoms with Crippen LogP contribution in [0.5, 0.6) is 11.5 Å². The third kappa shape index (κ3) is 4.20. The number of benzene rings is 1. The molecule has 1 fully saturated rings. The second-order valence-electron chi connectivity index (χ2n) is 6.13. The van der Waals surface area contributed by atoms with Crippen LogP contribution < -0.4 is 9.47 Å². The first-order chi connectivity index (χ1) is 13.0. The van der Waals surface area contributed by atoms with E-state index < -0.39 is 4.92 Å². The summed E-state index contributed by atoms with van der Waals surface area (Å²) in [6.45, 7) is 3.36. The second-order valence-corrected chi connectivity index (χ2v) is 7.16. The van der Waals surface area contributed by atoms with Crippen molar-refractivity contribution in [2.75, 3.05) is 40.4 Å². The quantitative estimate of drug-likeness (QED) is 0.556. The van der Waals surface area contributed by atoms with Gasteiger partial charge in [-0.15, -0.1) is 11.3 Å². The average Bonchev–Trinajstić information content (AvgIpc) is 3.19. The van der Waals surface area contributed by atoms with Gasteiger partial charge in [-0.2, -0.15) is 0 Å². The lowest BCUT2D eigenvalue weighted by Crippen LogP contribution is -2.48. The number of carbonyl (C=O) groups excluding carboxylic acids is 1. The number of thiophene rings is 1. The number of amides is 1. The molecule has 1 aromatic heterocycles. The number of piperazine rings is 1. The minimum absolute atomic E-state index is 0.0179. The van der Waals surface area contributed by atoms with Crippen molar-refractivity contribution in [2.45, 2.75) is 6.54 Å². The van der Waals surface area contributed by atoms with E-state index in [1.54, 1.807) is 16.2 Å². The summed E-state index contributed by atoms with van der Waals surface area (Å²) in [5.74, 6) is 0.155. The highest BCUT2D eigenvalue weighted by Crippen LogP contribution is 2.35. The predicted octanol–water partition coefficient (Wildman–Crippen LogP) is 2.63. The molecule has 1 saturated heterocycles. The first-order valence-corrected chi connectivity index (χ1v) is 9.36. The van der Waals surface area contributed by atoms with Gasteiger partial charge in [-0.05, 0) is 11.4 Å². The van der Waals surface area contributed by atoms with Crippen LogP contribution in [0.3, 0.4) is 0 Å². The zero-order chi connectivity index (χ0) is 19.4. The molecule has 1 amide bonds. The number of nitrogens with zero attached hydrogens (tertiary/aromatic N) is 3. The van der Waals surface area contributed by atoms with Crippen LogP contribution in [0.1, 0.15) is 15.2 Å². The Morgan fingerprint density at radius 3 is 2.41 bits per heavy atom. The van der Waals surface area contributed by atoms with E-state index in [-0.39, 0.29) is 22.9 Å². The van der Waals surface area contributed by atoms with Crippen molar-refractivity contribution in [3.05, 3.63) is 50.2 Å². The summed E-state index contributed by atoms with van der Waals surface area (Å²) in [6.07, 6.45) is 0. The highest BCUT2D eigenvalue weighted by Gasteiger charge is 2.29. The molecule has 0 saturated carbocycles. The Hall–Kier alpha value is -2.65. The van der Waals surface area contributed by atoms with Crippen LogP contribution in [0, 0.1) is 10.1 Å². The van der Waals surface area contributed by atoms with Crippen molar-refractivity contribution >= 4 is 22.9 Å². The molecule has 2 heterocycles. The molecule has 1 aliphatic heterocycles. The zero-order valence-electron chi connectivity index (χ0n) is 15.2.